The first-order chi connectivity index (χ1) is 11.7. The summed E-state index contributed by atoms with van der Waals surface area (Å²) in [6, 6.07) is 10.2. The summed E-state index contributed by atoms with van der Waals surface area (Å²) in [5.41, 5.74) is 1.21. The fourth-order valence-electron chi connectivity index (χ4n) is 0.960. The topological polar surface area (TPSA) is 112 Å². The molecule has 0 N–H and O–H groups in total. The fourth-order valence-corrected chi connectivity index (χ4v) is 1.09. The van der Waals surface area contributed by atoms with Crippen molar-refractivity contribution >= 4 is 4.50 Å². The van der Waals surface area contributed by atoms with Crippen LogP contribution in [0.15, 0.2) is 30.3 Å². The Hall–Kier alpha value is -1.76. The number of likely N-dealkylation sites (N-methyl/N-ethyl adjacent to an activating group) is 1. The van der Waals surface area contributed by atoms with Crippen molar-refractivity contribution in [1.82, 2.24) is 4.90 Å². The second-order valence-corrected chi connectivity index (χ2v) is 4.00. The summed E-state index contributed by atoms with van der Waals surface area (Å²) in [6.45, 7) is 23.8. The van der Waals surface area contributed by atoms with Crippen LogP contribution in [0.3, 0.4) is 0 Å². The van der Waals surface area contributed by atoms with Crippen LogP contribution >= 0.6 is 0 Å². The van der Waals surface area contributed by atoms with Crippen LogP contribution in [-0.4, -0.2) is 30.1 Å². The predicted octanol–water partition coefficient (Wildman–Crippen LogP) is 1.25. The van der Waals surface area contributed by atoms with E-state index in [-0.39, 0.29) is 0 Å². The van der Waals surface area contributed by atoms with Crippen LogP contribution in [0.1, 0.15) is 5.56 Å². The van der Waals surface area contributed by atoms with E-state index in [1.165, 1.54) is 5.56 Å². The Morgan fingerprint density at radius 2 is 1.25 bits per heavy atom. The predicted molar refractivity (Wildman–Crippen MR) is 74.4 cm³/mol. The van der Waals surface area contributed by atoms with Gasteiger partial charge in [-0.2, -0.15) is 0 Å². The molecule has 0 radical (unpaired) electrons. The van der Waals surface area contributed by atoms with Gasteiger partial charge in [-0.05, 0) is 0 Å². The van der Waals surface area contributed by atoms with Crippen molar-refractivity contribution in [2.24, 2.45) is 0 Å². The Balaban J connectivity index is -0.000000103. The molecule has 0 heterocycles. The van der Waals surface area contributed by atoms with Crippen LogP contribution in [0, 0.1) is 33.3 Å². The molecule has 0 aliphatic carbocycles. The molecule has 1 rings (SSSR count). The molecule has 0 saturated carbocycles. The van der Waals surface area contributed by atoms with Gasteiger partial charge in [0.15, 0.2) is 0 Å². The third-order valence-electron chi connectivity index (χ3n) is 1.84. The van der Waals surface area contributed by atoms with Crippen LogP contribution in [0.5, 0.6) is 0 Å². The quantitative estimate of drug-likeness (QED) is 0.575. The number of benzene rings is 1. The average Bonchev–Trinajstić information content (AvgIpc) is 2.70. The van der Waals surface area contributed by atoms with Crippen LogP contribution in [0.4, 0.5) is 0 Å². The van der Waals surface area contributed by atoms with E-state index in [1.54, 1.807) is 0 Å². The molecular formula is C16H15CrNO6. The first-order valence-corrected chi connectivity index (χ1v) is 6.18. The van der Waals surface area contributed by atoms with Gasteiger partial charge in [0.25, 0.3) is 0 Å². The molecule has 1 aromatic rings. The molecule has 0 saturated heterocycles. The zero-order valence-electron chi connectivity index (χ0n) is 13.1. The molecule has 0 bridgehead atoms. The molecule has 8 heteroatoms. The molecule has 1 aromatic carbocycles. The van der Waals surface area contributed by atoms with Crippen LogP contribution in [0.25, 0.3) is 0 Å². The standard InChI is InChI=1S/C11H15NO.5CO.Cr/c1-12(2)8-9-13-10-11-6-4-3-5-7-11;5*1-2;/h3-7H,9-10H2,1-2H3;;;;;;. The maximum absolute atomic E-state index is 7.50. The Morgan fingerprint density at radius 3 is 1.58 bits per heavy atom. The number of nitrogens with zero attached hydrogens (tertiary/aromatic N) is 1. The van der Waals surface area contributed by atoms with E-state index in [4.69, 9.17) is 28.0 Å². The van der Waals surface area contributed by atoms with E-state index in [2.05, 4.69) is 61.2 Å². The molecule has 126 valence electrons. The normalized spacial score (nSPS) is 6.54. The van der Waals surface area contributed by atoms with Gasteiger partial charge in [-0.15, -0.1) is 0 Å². The van der Waals surface area contributed by atoms with Gasteiger partial charge in [-0.1, -0.05) is 0 Å². The second kappa shape index (κ2) is 37.5. The Bertz CT molecular complexity index is 442. The van der Waals surface area contributed by atoms with E-state index < -0.39 is 0 Å². The summed E-state index contributed by atoms with van der Waals surface area (Å²) in [7, 11) is 4.00. The molecule has 0 fully saturated rings. The first-order valence-electron chi connectivity index (χ1n) is 5.54. The zero-order chi connectivity index (χ0) is 20.4. The number of rotatable bonds is 5. The Morgan fingerprint density at radius 1 is 0.875 bits per heavy atom. The molecule has 0 amide bonds. The van der Waals surface area contributed by atoms with Gasteiger partial charge in [0.2, 0.25) is 0 Å². The molecule has 0 unspecified atom stereocenters. The summed E-state index contributed by atoms with van der Waals surface area (Å²) < 4.78 is 44.1. The molecule has 0 spiro atoms. The van der Waals surface area contributed by atoms with Gasteiger partial charge in [0, 0.05) is 0 Å². The van der Waals surface area contributed by atoms with E-state index in [9.17, 15) is 0 Å². The second-order valence-electron chi connectivity index (χ2n) is 3.27. The third-order valence-corrected chi connectivity index (χ3v) is 2.59. The Labute approximate surface area is 150 Å². The van der Waals surface area contributed by atoms with Crippen molar-refractivity contribution in [1.29, 1.82) is 0 Å². The van der Waals surface area contributed by atoms with Crippen molar-refractivity contribution in [3.63, 3.8) is 0 Å². The van der Waals surface area contributed by atoms with Crippen LogP contribution in [0.2, 0.25) is 0 Å². The summed E-state index contributed by atoms with van der Waals surface area (Å²) in [5.74, 6) is 0. The van der Waals surface area contributed by atoms with Crippen molar-refractivity contribution in [3.8, 4) is 0 Å². The number of hydrogen-bond donors (Lipinski definition) is 0. The van der Waals surface area contributed by atoms with Gasteiger partial charge in [-0.25, -0.2) is 0 Å². The van der Waals surface area contributed by atoms with Crippen LogP contribution in [-0.2, 0) is 50.5 Å². The van der Waals surface area contributed by atoms with Gasteiger partial charge >= 0.3 is 150 Å². The summed E-state index contributed by atoms with van der Waals surface area (Å²) >= 11 is 2.98. The SMILES string of the molecule is CN(C)[C](=[Cr])COCc1ccccc1.[C-]#[O+].[C-]#[O+].[C-]#[O+].[C-]#[O+].[C-]#[O+]. The monoisotopic (exact) mass is 369 g/mol. The van der Waals surface area contributed by atoms with E-state index in [0.29, 0.717) is 13.2 Å². The van der Waals surface area contributed by atoms with Crippen molar-refractivity contribution < 1.29 is 43.8 Å². The maximum atomic E-state index is 7.50. The number of ether oxygens (including phenoxy) is 1. The summed E-state index contributed by atoms with van der Waals surface area (Å²) in [6.07, 6.45) is 0. The Kier molecular flexibility index (Phi) is 52.7. The van der Waals surface area contributed by atoms with Crippen molar-refractivity contribution in [2.75, 3.05) is 20.7 Å². The third kappa shape index (κ3) is 28.4. The van der Waals surface area contributed by atoms with E-state index >= 15 is 0 Å². The fraction of sp³-hybridized carbons (Fsp3) is 0.250. The zero-order valence-corrected chi connectivity index (χ0v) is 14.4. The van der Waals surface area contributed by atoms with Gasteiger partial charge < -0.3 is 0 Å². The van der Waals surface area contributed by atoms with E-state index in [1.807, 2.05) is 37.2 Å². The minimum atomic E-state index is 0.641. The van der Waals surface area contributed by atoms with Crippen molar-refractivity contribution in [2.45, 2.75) is 6.61 Å². The van der Waals surface area contributed by atoms with E-state index in [0.717, 1.165) is 4.50 Å². The molecule has 24 heavy (non-hydrogen) atoms. The minimum absolute atomic E-state index is 0.641. The summed E-state index contributed by atoms with van der Waals surface area (Å²) in [5, 5.41) is 0. The van der Waals surface area contributed by atoms with Gasteiger partial charge in [0.1, 0.15) is 0 Å². The summed E-state index contributed by atoms with van der Waals surface area (Å²) in [4.78, 5) is 2.02. The van der Waals surface area contributed by atoms with Crippen LogP contribution < -0.4 is 0 Å². The average molecular weight is 369 g/mol. The molecule has 7 nitrogen and oxygen atoms in total. The molecule has 0 aliphatic heterocycles. The van der Waals surface area contributed by atoms with Gasteiger partial charge in [-0.3, -0.25) is 0 Å². The molecule has 0 aliphatic rings. The van der Waals surface area contributed by atoms with Gasteiger partial charge in [0.05, 0.1) is 0 Å². The first kappa shape index (κ1) is 33.8. The molecular weight excluding hydrogens is 354 g/mol. The molecule has 0 atom stereocenters. The number of hydrogen-bond acceptors (Lipinski definition) is 2. The molecule has 0 aromatic heterocycles. The van der Waals surface area contributed by atoms with Crippen molar-refractivity contribution in [3.05, 3.63) is 69.1 Å².